The van der Waals surface area contributed by atoms with Crippen molar-refractivity contribution in [3.05, 3.63) is 84.7 Å². The largest absolute Gasteiger partial charge is 0.457 e. The number of rotatable bonds is 5. The quantitative estimate of drug-likeness (QED) is 0.323. The maximum Gasteiger partial charge on any atom is 0.246 e. The number of carbonyl (C=O) groups excluding carboxylic acids is 1. The number of nitrogen functional groups attached to an aromatic ring is 1. The molecule has 1 atom stereocenters. The fraction of sp³-hybridized carbons (Fsp3) is 0.214. The van der Waals surface area contributed by atoms with Crippen molar-refractivity contribution in [2.45, 2.75) is 25.3 Å². The van der Waals surface area contributed by atoms with Crippen molar-refractivity contribution in [1.82, 2.24) is 24.6 Å². The van der Waals surface area contributed by atoms with Gasteiger partial charge in [-0.05, 0) is 67.3 Å². The molecule has 0 unspecified atom stereocenters. The highest BCUT2D eigenvalue weighted by molar-refractivity contribution is 5.98. The lowest BCUT2D eigenvalue weighted by Gasteiger charge is -2.30. The van der Waals surface area contributed by atoms with Gasteiger partial charge in [0.2, 0.25) is 5.91 Å². The van der Waals surface area contributed by atoms with Crippen LogP contribution in [0.1, 0.15) is 25.3 Å². The SMILES string of the molecule is C=CC(=O)N1CCC2=C(C1)[C@@H](n1nc(-c3ccc(Oc4ccccc4)cc3)c3c(N)ncnc31)CC2. The summed E-state index contributed by atoms with van der Waals surface area (Å²) in [6.07, 6.45) is 5.67. The van der Waals surface area contributed by atoms with E-state index in [1.54, 1.807) is 0 Å². The van der Waals surface area contributed by atoms with Crippen molar-refractivity contribution in [3.63, 3.8) is 0 Å². The molecule has 1 amide bonds. The predicted molar refractivity (Wildman–Crippen MR) is 138 cm³/mol. The summed E-state index contributed by atoms with van der Waals surface area (Å²) >= 11 is 0. The monoisotopic (exact) mass is 478 g/mol. The Morgan fingerprint density at radius 2 is 1.83 bits per heavy atom. The molecule has 2 aromatic carbocycles. The standard InChI is InChI=1S/C28H26N6O2/c1-2-24(35)33-15-14-18-10-13-23(22(18)16-33)34-28-25(27(29)30-17-31-28)26(32-34)19-8-11-21(12-9-19)36-20-6-4-3-5-7-20/h2-9,11-12,17,23H,1,10,13-16H2,(H2,29,30,31)/t23-/m0/s1. The van der Waals surface area contributed by atoms with E-state index in [2.05, 4.69) is 16.5 Å². The second kappa shape index (κ2) is 8.96. The Kier molecular flexibility index (Phi) is 5.48. The highest BCUT2D eigenvalue weighted by Gasteiger charge is 2.34. The molecular formula is C28H26N6O2. The van der Waals surface area contributed by atoms with E-state index in [4.69, 9.17) is 15.6 Å². The Hall–Kier alpha value is -4.46. The Morgan fingerprint density at radius 3 is 2.61 bits per heavy atom. The van der Waals surface area contributed by atoms with E-state index < -0.39 is 0 Å². The topological polar surface area (TPSA) is 99.2 Å². The van der Waals surface area contributed by atoms with Crippen molar-refractivity contribution in [3.8, 4) is 22.8 Å². The minimum atomic E-state index is -0.0393. The van der Waals surface area contributed by atoms with Gasteiger partial charge in [-0.15, -0.1) is 0 Å². The average Bonchev–Trinajstić information content (AvgIpc) is 3.51. The van der Waals surface area contributed by atoms with Crippen LogP contribution in [0.2, 0.25) is 0 Å². The molecule has 8 nitrogen and oxygen atoms in total. The van der Waals surface area contributed by atoms with Crippen molar-refractivity contribution >= 4 is 22.8 Å². The van der Waals surface area contributed by atoms with E-state index in [9.17, 15) is 4.79 Å². The highest BCUT2D eigenvalue weighted by Crippen LogP contribution is 2.43. The number of nitrogens with zero attached hydrogens (tertiary/aromatic N) is 5. The zero-order chi connectivity index (χ0) is 24.6. The van der Waals surface area contributed by atoms with Crippen LogP contribution in [0.3, 0.4) is 0 Å². The number of aromatic nitrogens is 4. The minimum Gasteiger partial charge on any atom is -0.457 e. The molecule has 3 heterocycles. The van der Waals surface area contributed by atoms with Crippen LogP contribution in [-0.2, 0) is 4.79 Å². The average molecular weight is 479 g/mol. The number of hydrogen-bond acceptors (Lipinski definition) is 6. The first kappa shape index (κ1) is 22.0. The summed E-state index contributed by atoms with van der Waals surface area (Å²) in [6, 6.07) is 17.5. The summed E-state index contributed by atoms with van der Waals surface area (Å²) in [5, 5.41) is 5.77. The molecule has 0 spiro atoms. The fourth-order valence-electron chi connectivity index (χ4n) is 5.25. The number of nitrogens with two attached hydrogens (primary N) is 1. The highest BCUT2D eigenvalue weighted by atomic mass is 16.5. The van der Waals surface area contributed by atoms with Crippen LogP contribution in [0.15, 0.2) is 84.7 Å². The maximum absolute atomic E-state index is 12.3. The fourth-order valence-corrected chi connectivity index (χ4v) is 5.25. The minimum absolute atomic E-state index is 0.0200. The summed E-state index contributed by atoms with van der Waals surface area (Å²) in [6.45, 7) is 4.97. The molecule has 0 saturated carbocycles. The molecule has 8 heteroatoms. The van der Waals surface area contributed by atoms with E-state index in [-0.39, 0.29) is 11.9 Å². The summed E-state index contributed by atoms with van der Waals surface area (Å²) in [4.78, 5) is 23.0. The van der Waals surface area contributed by atoms with Gasteiger partial charge in [0.15, 0.2) is 5.65 Å². The normalized spacial score (nSPS) is 17.3. The summed E-state index contributed by atoms with van der Waals surface area (Å²) in [5.74, 6) is 1.87. The van der Waals surface area contributed by atoms with Crippen LogP contribution in [0.5, 0.6) is 11.5 Å². The lowest BCUT2D eigenvalue weighted by atomic mass is 10.0. The summed E-state index contributed by atoms with van der Waals surface area (Å²) < 4.78 is 7.92. The van der Waals surface area contributed by atoms with Gasteiger partial charge in [-0.1, -0.05) is 30.4 Å². The van der Waals surface area contributed by atoms with Gasteiger partial charge in [-0.2, -0.15) is 5.10 Å². The van der Waals surface area contributed by atoms with Gasteiger partial charge in [0.05, 0.1) is 11.4 Å². The predicted octanol–water partition coefficient (Wildman–Crippen LogP) is 4.92. The third kappa shape index (κ3) is 3.80. The van der Waals surface area contributed by atoms with Gasteiger partial charge < -0.3 is 15.4 Å². The van der Waals surface area contributed by atoms with Crippen LogP contribution in [-0.4, -0.2) is 43.6 Å². The number of amides is 1. The van der Waals surface area contributed by atoms with E-state index in [0.717, 1.165) is 53.9 Å². The first-order valence-corrected chi connectivity index (χ1v) is 12.1. The van der Waals surface area contributed by atoms with Crippen LogP contribution in [0, 0.1) is 0 Å². The zero-order valence-electron chi connectivity index (χ0n) is 19.8. The number of anilines is 1. The van der Waals surface area contributed by atoms with Crippen molar-refractivity contribution in [2.24, 2.45) is 0 Å². The van der Waals surface area contributed by atoms with Gasteiger partial charge in [0.1, 0.15) is 29.3 Å². The van der Waals surface area contributed by atoms with Crippen molar-refractivity contribution in [1.29, 1.82) is 0 Å². The van der Waals surface area contributed by atoms with Crippen molar-refractivity contribution < 1.29 is 9.53 Å². The van der Waals surface area contributed by atoms with Crippen LogP contribution in [0.25, 0.3) is 22.3 Å². The van der Waals surface area contributed by atoms with E-state index >= 15 is 0 Å². The van der Waals surface area contributed by atoms with Crippen molar-refractivity contribution in [2.75, 3.05) is 18.8 Å². The molecule has 1 aliphatic heterocycles. The van der Waals surface area contributed by atoms with E-state index in [0.29, 0.717) is 18.0 Å². The van der Waals surface area contributed by atoms with Crippen LogP contribution < -0.4 is 10.5 Å². The molecular weight excluding hydrogens is 452 g/mol. The van der Waals surface area contributed by atoms with Gasteiger partial charge in [-0.3, -0.25) is 4.79 Å². The Labute approximate surface area is 208 Å². The number of carbonyl (C=O) groups is 1. The second-order valence-corrected chi connectivity index (χ2v) is 9.09. The van der Waals surface area contributed by atoms with Gasteiger partial charge in [0, 0.05) is 18.7 Å². The number of hydrogen-bond donors (Lipinski definition) is 1. The molecule has 6 rings (SSSR count). The molecule has 2 N–H and O–H groups in total. The molecule has 0 bridgehead atoms. The molecule has 4 aromatic rings. The van der Waals surface area contributed by atoms with Gasteiger partial charge >= 0.3 is 0 Å². The van der Waals surface area contributed by atoms with E-state index in [1.807, 2.05) is 64.2 Å². The Bertz CT molecular complexity index is 1490. The van der Waals surface area contributed by atoms with Crippen LogP contribution in [0.4, 0.5) is 5.82 Å². The zero-order valence-corrected chi connectivity index (χ0v) is 19.8. The summed E-state index contributed by atoms with van der Waals surface area (Å²) in [7, 11) is 0. The van der Waals surface area contributed by atoms with Crippen LogP contribution >= 0.6 is 0 Å². The van der Waals surface area contributed by atoms with Gasteiger partial charge in [-0.25, -0.2) is 14.6 Å². The first-order valence-electron chi connectivity index (χ1n) is 12.1. The first-order chi connectivity index (χ1) is 17.6. The lowest BCUT2D eigenvalue weighted by Crippen LogP contribution is -2.36. The molecule has 2 aliphatic rings. The molecule has 1 aliphatic carbocycles. The second-order valence-electron chi connectivity index (χ2n) is 9.09. The molecule has 0 radical (unpaired) electrons. The third-order valence-corrected chi connectivity index (χ3v) is 7.03. The lowest BCUT2D eigenvalue weighted by molar-refractivity contribution is -0.125. The summed E-state index contributed by atoms with van der Waals surface area (Å²) in [5.41, 5.74) is 11.3. The number of benzene rings is 2. The molecule has 36 heavy (non-hydrogen) atoms. The number of para-hydroxylation sites is 1. The Morgan fingerprint density at radius 1 is 1.06 bits per heavy atom. The Balaban J connectivity index is 1.37. The number of ether oxygens (including phenoxy) is 1. The molecule has 180 valence electrons. The maximum atomic E-state index is 12.3. The van der Waals surface area contributed by atoms with Gasteiger partial charge in [0.25, 0.3) is 0 Å². The molecule has 2 aromatic heterocycles. The molecule has 0 saturated heterocycles. The molecule has 0 fully saturated rings. The number of fused-ring (bicyclic) bond motifs is 1. The smallest absolute Gasteiger partial charge is 0.246 e. The third-order valence-electron chi connectivity index (χ3n) is 7.03. The van der Waals surface area contributed by atoms with E-state index in [1.165, 1.54) is 23.5 Å².